The van der Waals surface area contributed by atoms with Crippen molar-refractivity contribution in [3.8, 4) is 0 Å². The molecule has 0 saturated carbocycles. The molecular formula is C14H19N3. The van der Waals surface area contributed by atoms with E-state index in [1.54, 1.807) is 6.20 Å². The van der Waals surface area contributed by atoms with Gasteiger partial charge in [-0.25, -0.2) is 9.98 Å². The predicted molar refractivity (Wildman–Crippen MR) is 73.4 cm³/mol. The van der Waals surface area contributed by atoms with Crippen molar-refractivity contribution in [1.82, 2.24) is 10.3 Å². The molecule has 0 aromatic carbocycles. The van der Waals surface area contributed by atoms with Crippen molar-refractivity contribution in [1.29, 1.82) is 0 Å². The van der Waals surface area contributed by atoms with E-state index in [4.69, 9.17) is 0 Å². The molecule has 0 radical (unpaired) electrons. The largest absolute Gasteiger partial charge is 0.345 e. The molecule has 1 aromatic heterocycles. The van der Waals surface area contributed by atoms with Crippen molar-refractivity contribution in [2.45, 2.75) is 27.7 Å². The van der Waals surface area contributed by atoms with Crippen LogP contribution < -0.4 is 5.32 Å². The molecule has 90 valence electrons. The minimum absolute atomic E-state index is 0.692. The smallest absolute Gasteiger partial charge is 0.154 e. The topological polar surface area (TPSA) is 37.3 Å². The number of aryl methyl sites for hydroxylation is 1. The van der Waals surface area contributed by atoms with E-state index in [-0.39, 0.29) is 0 Å². The third kappa shape index (κ3) is 5.11. The highest BCUT2D eigenvalue weighted by molar-refractivity contribution is 5.96. The molecule has 1 aromatic rings. The van der Waals surface area contributed by atoms with E-state index >= 15 is 0 Å². The molecule has 0 saturated heterocycles. The van der Waals surface area contributed by atoms with Gasteiger partial charge in [0, 0.05) is 11.9 Å². The van der Waals surface area contributed by atoms with Gasteiger partial charge in [0.1, 0.15) is 5.84 Å². The summed E-state index contributed by atoms with van der Waals surface area (Å²) in [5, 5.41) is 3.11. The Bertz CT molecular complexity index is 449. The number of hydrogen-bond donors (Lipinski definition) is 1. The van der Waals surface area contributed by atoms with E-state index in [0.717, 1.165) is 17.1 Å². The van der Waals surface area contributed by atoms with Crippen LogP contribution in [0.1, 0.15) is 26.3 Å². The summed E-state index contributed by atoms with van der Waals surface area (Å²) in [7, 11) is 0. The van der Waals surface area contributed by atoms with Crippen LogP contribution >= 0.6 is 0 Å². The first-order valence-electron chi connectivity index (χ1n) is 5.56. The van der Waals surface area contributed by atoms with Crippen LogP contribution in [0.5, 0.6) is 0 Å². The number of rotatable bonds is 3. The average molecular weight is 229 g/mol. The average Bonchev–Trinajstić information content (AvgIpc) is 2.19. The van der Waals surface area contributed by atoms with Crippen molar-refractivity contribution in [2.75, 3.05) is 0 Å². The zero-order valence-electron chi connectivity index (χ0n) is 10.9. The van der Waals surface area contributed by atoms with Crippen LogP contribution in [0.15, 0.2) is 47.2 Å². The molecule has 17 heavy (non-hydrogen) atoms. The molecule has 0 aliphatic rings. The Balaban J connectivity index is 3.00. The van der Waals surface area contributed by atoms with Crippen LogP contribution in [-0.4, -0.2) is 10.8 Å². The first kappa shape index (κ1) is 13.2. The van der Waals surface area contributed by atoms with Gasteiger partial charge in [-0.2, -0.15) is 0 Å². The minimum atomic E-state index is 0.692. The summed E-state index contributed by atoms with van der Waals surface area (Å²) >= 11 is 0. The number of nitrogens with zero attached hydrogens (tertiary/aromatic N) is 2. The van der Waals surface area contributed by atoms with Gasteiger partial charge in [0.15, 0.2) is 5.82 Å². The van der Waals surface area contributed by atoms with E-state index in [2.05, 4.69) is 21.9 Å². The zero-order valence-corrected chi connectivity index (χ0v) is 10.9. The van der Waals surface area contributed by atoms with Crippen molar-refractivity contribution < 1.29 is 0 Å². The number of amidine groups is 1. The maximum Gasteiger partial charge on any atom is 0.154 e. The van der Waals surface area contributed by atoms with Gasteiger partial charge in [-0.15, -0.1) is 0 Å². The summed E-state index contributed by atoms with van der Waals surface area (Å²) in [4.78, 5) is 8.68. The molecule has 1 heterocycles. The fraction of sp³-hybridized carbons (Fsp3) is 0.286. The summed E-state index contributed by atoms with van der Waals surface area (Å²) in [6, 6.07) is 3.89. The number of allylic oxidation sites excluding steroid dienone is 2. The standard InChI is InChI=1S/C14H19N3/c1-10(2)8-14(16-11(3)4)17-13-7-6-12(5)9-15-13/h6-9H,3H2,1-2,4-5H3,(H,15,16,17). The molecule has 0 atom stereocenters. The summed E-state index contributed by atoms with van der Waals surface area (Å²) in [5.74, 6) is 1.45. The molecule has 1 rings (SSSR count). The number of aromatic nitrogens is 1. The second-order valence-electron chi connectivity index (χ2n) is 4.32. The lowest BCUT2D eigenvalue weighted by atomic mass is 10.3. The van der Waals surface area contributed by atoms with Crippen LogP contribution in [0.2, 0.25) is 0 Å². The molecule has 0 fully saturated rings. The Morgan fingerprint density at radius 1 is 1.35 bits per heavy atom. The van der Waals surface area contributed by atoms with E-state index < -0.39 is 0 Å². The van der Waals surface area contributed by atoms with Crippen LogP contribution in [-0.2, 0) is 0 Å². The molecule has 1 N–H and O–H groups in total. The molecule has 0 amide bonds. The van der Waals surface area contributed by atoms with Crippen molar-refractivity contribution >= 4 is 11.7 Å². The SMILES string of the molecule is C=C(C)NC(C=C(C)C)=Nc1ccc(C)cn1. The van der Waals surface area contributed by atoms with Gasteiger partial charge in [0.2, 0.25) is 0 Å². The van der Waals surface area contributed by atoms with E-state index in [1.165, 1.54) is 5.57 Å². The predicted octanol–water partition coefficient (Wildman–Crippen LogP) is 3.51. The summed E-state index contributed by atoms with van der Waals surface area (Å²) in [6.07, 6.45) is 3.77. The van der Waals surface area contributed by atoms with Gasteiger partial charge >= 0.3 is 0 Å². The molecule has 0 bridgehead atoms. The summed E-state index contributed by atoms with van der Waals surface area (Å²) in [6.45, 7) is 11.8. The first-order chi connectivity index (χ1) is 7.97. The summed E-state index contributed by atoms with van der Waals surface area (Å²) < 4.78 is 0. The fourth-order valence-electron chi connectivity index (χ4n) is 1.24. The van der Waals surface area contributed by atoms with Crippen LogP contribution in [0.25, 0.3) is 0 Å². The van der Waals surface area contributed by atoms with Gasteiger partial charge in [0.25, 0.3) is 0 Å². The lowest BCUT2D eigenvalue weighted by molar-refractivity contribution is 1.11. The monoisotopic (exact) mass is 229 g/mol. The second-order valence-corrected chi connectivity index (χ2v) is 4.32. The van der Waals surface area contributed by atoms with Crippen molar-refractivity contribution in [3.63, 3.8) is 0 Å². The van der Waals surface area contributed by atoms with E-state index in [1.807, 2.05) is 45.9 Å². The lowest BCUT2D eigenvalue weighted by Crippen LogP contribution is -2.18. The Kier molecular flexibility index (Phi) is 4.64. The second kappa shape index (κ2) is 5.99. The number of pyridine rings is 1. The maximum absolute atomic E-state index is 4.44. The lowest BCUT2D eigenvalue weighted by Gasteiger charge is -2.06. The first-order valence-corrected chi connectivity index (χ1v) is 5.56. The highest BCUT2D eigenvalue weighted by Gasteiger charge is 1.97. The van der Waals surface area contributed by atoms with Gasteiger partial charge in [-0.1, -0.05) is 18.2 Å². The molecule has 0 unspecified atom stereocenters. The molecule has 0 aliphatic heterocycles. The molecule has 0 spiro atoms. The molecule has 0 aliphatic carbocycles. The van der Waals surface area contributed by atoms with E-state index in [9.17, 15) is 0 Å². The van der Waals surface area contributed by atoms with E-state index in [0.29, 0.717) is 5.82 Å². The Hall–Kier alpha value is -1.90. The highest BCUT2D eigenvalue weighted by Crippen LogP contribution is 2.09. The zero-order chi connectivity index (χ0) is 12.8. The van der Waals surface area contributed by atoms with Gasteiger partial charge in [-0.05, 0) is 45.4 Å². The quantitative estimate of drug-likeness (QED) is 0.636. The van der Waals surface area contributed by atoms with Gasteiger partial charge in [0.05, 0.1) is 0 Å². The van der Waals surface area contributed by atoms with Gasteiger partial charge < -0.3 is 5.32 Å². The highest BCUT2D eigenvalue weighted by atomic mass is 15.0. The summed E-state index contributed by atoms with van der Waals surface area (Å²) in [5.41, 5.74) is 3.15. The Morgan fingerprint density at radius 2 is 2.06 bits per heavy atom. The normalized spacial score (nSPS) is 10.9. The van der Waals surface area contributed by atoms with Crippen LogP contribution in [0.4, 0.5) is 5.82 Å². The Labute approximate surface area is 103 Å². The maximum atomic E-state index is 4.44. The third-order valence-corrected chi connectivity index (χ3v) is 1.90. The third-order valence-electron chi connectivity index (χ3n) is 1.90. The molecular weight excluding hydrogens is 210 g/mol. The molecule has 3 nitrogen and oxygen atoms in total. The number of hydrogen-bond acceptors (Lipinski definition) is 2. The molecule has 3 heteroatoms. The minimum Gasteiger partial charge on any atom is -0.345 e. The van der Waals surface area contributed by atoms with Gasteiger partial charge in [-0.3, -0.25) is 0 Å². The number of aliphatic imine (C=N–C) groups is 1. The fourth-order valence-corrected chi connectivity index (χ4v) is 1.24. The van der Waals surface area contributed by atoms with Crippen molar-refractivity contribution in [2.24, 2.45) is 4.99 Å². The van der Waals surface area contributed by atoms with Crippen LogP contribution in [0.3, 0.4) is 0 Å². The Morgan fingerprint density at radius 3 is 2.53 bits per heavy atom. The van der Waals surface area contributed by atoms with Crippen LogP contribution in [0, 0.1) is 6.92 Å². The number of nitrogens with one attached hydrogen (secondary N) is 1. The van der Waals surface area contributed by atoms with Crippen molar-refractivity contribution in [3.05, 3.63) is 47.8 Å².